The number of alkyl halides is 1. The van der Waals surface area contributed by atoms with E-state index < -0.39 is 0 Å². The summed E-state index contributed by atoms with van der Waals surface area (Å²) in [7, 11) is 1.94. The molecule has 0 bridgehead atoms. The van der Waals surface area contributed by atoms with E-state index in [0.717, 1.165) is 40.2 Å². The lowest BCUT2D eigenvalue weighted by Crippen LogP contribution is -2.03. The number of halogens is 1. The highest BCUT2D eigenvalue weighted by molar-refractivity contribution is 6.20. The Morgan fingerprint density at radius 1 is 1.33 bits per heavy atom. The highest BCUT2D eigenvalue weighted by Crippen LogP contribution is 2.30. The number of hydrogen-bond donors (Lipinski definition) is 0. The monoisotopic (exact) mass is 302 g/mol. The molecule has 21 heavy (non-hydrogen) atoms. The summed E-state index contributed by atoms with van der Waals surface area (Å²) in [5.41, 5.74) is 5.37. The van der Waals surface area contributed by atoms with E-state index in [9.17, 15) is 0 Å². The molecule has 4 nitrogen and oxygen atoms in total. The predicted octanol–water partition coefficient (Wildman–Crippen LogP) is 3.93. The zero-order chi connectivity index (χ0) is 15.1. The van der Waals surface area contributed by atoms with Crippen LogP contribution >= 0.6 is 11.6 Å². The molecule has 0 saturated heterocycles. The van der Waals surface area contributed by atoms with Crippen molar-refractivity contribution in [2.24, 2.45) is 7.05 Å². The summed E-state index contributed by atoms with van der Waals surface area (Å²) in [4.78, 5) is 4.77. The number of hydrogen-bond acceptors (Lipinski definition) is 2. The quantitative estimate of drug-likeness (QED) is 0.687. The number of fused-ring (bicyclic) bond motifs is 1. The van der Waals surface area contributed by atoms with Crippen LogP contribution in [0.15, 0.2) is 24.4 Å². The van der Waals surface area contributed by atoms with E-state index in [1.165, 1.54) is 0 Å². The van der Waals surface area contributed by atoms with Gasteiger partial charge >= 0.3 is 0 Å². The van der Waals surface area contributed by atoms with Crippen molar-refractivity contribution in [3.8, 4) is 5.69 Å². The third kappa shape index (κ3) is 2.23. The van der Waals surface area contributed by atoms with Crippen LogP contribution in [0.4, 0.5) is 0 Å². The number of aromatic nitrogens is 4. The van der Waals surface area contributed by atoms with Crippen LogP contribution < -0.4 is 0 Å². The molecule has 0 amide bonds. The molecule has 1 atom stereocenters. The van der Waals surface area contributed by atoms with E-state index in [4.69, 9.17) is 16.6 Å². The van der Waals surface area contributed by atoms with E-state index >= 15 is 0 Å². The molecule has 0 N–H and O–H groups in total. The van der Waals surface area contributed by atoms with Gasteiger partial charge in [0.05, 0.1) is 27.8 Å². The lowest BCUT2D eigenvalue weighted by Gasteiger charge is -2.09. The van der Waals surface area contributed by atoms with Crippen molar-refractivity contribution in [3.05, 3.63) is 41.5 Å². The maximum absolute atomic E-state index is 6.37. The van der Waals surface area contributed by atoms with E-state index in [1.807, 2.05) is 24.9 Å². The highest BCUT2D eigenvalue weighted by Gasteiger charge is 2.20. The molecule has 2 aromatic heterocycles. The molecule has 0 fully saturated rings. The standard InChI is InChI=1S/C16H19ClN4/c1-5-12-14(9-20(4)19-12)21-13-8-6-7-10(2)15(13)18-16(21)11(3)17/h6-9,11H,5H2,1-4H3. The molecule has 0 aliphatic rings. The fourth-order valence-corrected chi connectivity index (χ4v) is 2.88. The Hall–Kier alpha value is -1.81. The molecule has 0 radical (unpaired) electrons. The van der Waals surface area contributed by atoms with E-state index in [2.05, 4.69) is 41.7 Å². The third-order valence-corrected chi connectivity index (χ3v) is 3.92. The van der Waals surface area contributed by atoms with Crippen LogP contribution in [0.5, 0.6) is 0 Å². The summed E-state index contributed by atoms with van der Waals surface area (Å²) in [6, 6.07) is 6.22. The average molecular weight is 303 g/mol. The van der Waals surface area contributed by atoms with Crippen molar-refractivity contribution in [1.82, 2.24) is 19.3 Å². The zero-order valence-electron chi connectivity index (χ0n) is 12.8. The van der Waals surface area contributed by atoms with Crippen LogP contribution in [0.2, 0.25) is 0 Å². The Labute approximate surface area is 129 Å². The van der Waals surface area contributed by atoms with Crippen molar-refractivity contribution in [1.29, 1.82) is 0 Å². The molecule has 1 aromatic carbocycles. The van der Waals surface area contributed by atoms with Gasteiger partial charge in [0.1, 0.15) is 5.82 Å². The lowest BCUT2D eigenvalue weighted by atomic mass is 10.2. The van der Waals surface area contributed by atoms with Gasteiger partial charge < -0.3 is 0 Å². The van der Waals surface area contributed by atoms with Gasteiger partial charge in [-0.15, -0.1) is 11.6 Å². The van der Waals surface area contributed by atoms with Gasteiger partial charge in [0.25, 0.3) is 0 Å². The first-order valence-corrected chi connectivity index (χ1v) is 7.61. The van der Waals surface area contributed by atoms with Crippen molar-refractivity contribution < 1.29 is 0 Å². The molecule has 1 unspecified atom stereocenters. The van der Waals surface area contributed by atoms with Gasteiger partial charge in [-0.1, -0.05) is 19.1 Å². The summed E-state index contributed by atoms with van der Waals surface area (Å²) in [6.07, 6.45) is 2.91. The number of benzene rings is 1. The first kappa shape index (κ1) is 14.1. The molecule has 0 aliphatic carbocycles. The zero-order valence-corrected chi connectivity index (χ0v) is 13.5. The number of aryl methyl sites for hydroxylation is 3. The molecule has 0 spiro atoms. The second-order valence-corrected chi connectivity index (χ2v) is 6.01. The first-order chi connectivity index (χ1) is 10.0. The van der Waals surface area contributed by atoms with Gasteiger partial charge in [-0.3, -0.25) is 9.25 Å². The van der Waals surface area contributed by atoms with Crippen LogP contribution in [0.1, 0.15) is 36.3 Å². The Bertz CT molecular complexity index is 798. The molecule has 110 valence electrons. The van der Waals surface area contributed by atoms with Crippen molar-refractivity contribution in [3.63, 3.8) is 0 Å². The Kier molecular flexibility index (Phi) is 3.49. The normalized spacial score (nSPS) is 13.0. The van der Waals surface area contributed by atoms with E-state index in [-0.39, 0.29) is 5.38 Å². The van der Waals surface area contributed by atoms with Gasteiger partial charge in [-0.05, 0) is 31.9 Å². The summed E-state index contributed by atoms with van der Waals surface area (Å²) >= 11 is 6.37. The third-order valence-electron chi connectivity index (χ3n) is 3.73. The molecule has 5 heteroatoms. The molecular formula is C16H19ClN4. The van der Waals surface area contributed by atoms with Crippen molar-refractivity contribution >= 4 is 22.6 Å². The number of para-hydroxylation sites is 1. The van der Waals surface area contributed by atoms with Crippen LogP contribution in [0.25, 0.3) is 16.7 Å². The molecule has 3 aromatic rings. The van der Waals surface area contributed by atoms with Gasteiger partial charge in [0, 0.05) is 13.2 Å². The lowest BCUT2D eigenvalue weighted by molar-refractivity contribution is 0.746. The van der Waals surface area contributed by atoms with Gasteiger partial charge in [-0.25, -0.2) is 4.98 Å². The maximum Gasteiger partial charge on any atom is 0.132 e. The fraction of sp³-hybridized carbons (Fsp3) is 0.375. The molecule has 2 heterocycles. The molecular weight excluding hydrogens is 284 g/mol. The number of nitrogens with zero attached hydrogens (tertiary/aromatic N) is 4. The summed E-state index contributed by atoms with van der Waals surface area (Å²) < 4.78 is 3.99. The Balaban J connectivity index is 2.39. The van der Waals surface area contributed by atoms with Gasteiger partial charge in [0.2, 0.25) is 0 Å². The summed E-state index contributed by atoms with van der Waals surface area (Å²) in [6.45, 7) is 6.14. The minimum atomic E-state index is -0.165. The van der Waals surface area contributed by atoms with Crippen LogP contribution in [0.3, 0.4) is 0 Å². The van der Waals surface area contributed by atoms with Crippen LogP contribution in [0, 0.1) is 6.92 Å². The van der Waals surface area contributed by atoms with Crippen molar-refractivity contribution in [2.45, 2.75) is 32.6 Å². The predicted molar refractivity (Wildman–Crippen MR) is 86.2 cm³/mol. The summed E-state index contributed by atoms with van der Waals surface area (Å²) in [5, 5.41) is 4.37. The van der Waals surface area contributed by atoms with E-state index in [0.29, 0.717) is 0 Å². The smallest absolute Gasteiger partial charge is 0.132 e. The van der Waals surface area contributed by atoms with Gasteiger partial charge in [-0.2, -0.15) is 5.10 Å². The fourth-order valence-electron chi connectivity index (χ4n) is 2.74. The van der Waals surface area contributed by atoms with Crippen LogP contribution in [-0.2, 0) is 13.5 Å². The number of imidazole rings is 1. The topological polar surface area (TPSA) is 35.6 Å². The van der Waals surface area contributed by atoms with E-state index in [1.54, 1.807) is 0 Å². The average Bonchev–Trinajstić information content (AvgIpc) is 2.99. The maximum atomic E-state index is 6.37. The largest absolute Gasteiger partial charge is 0.292 e. The second-order valence-electron chi connectivity index (χ2n) is 5.35. The number of rotatable bonds is 3. The van der Waals surface area contributed by atoms with Gasteiger partial charge in [0.15, 0.2) is 0 Å². The second kappa shape index (κ2) is 5.19. The molecule has 0 saturated carbocycles. The summed E-state index contributed by atoms with van der Waals surface area (Å²) in [5.74, 6) is 0.865. The van der Waals surface area contributed by atoms with Crippen LogP contribution in [-0.4, -0.2) is 19.3 Å². The minimum absolute atomic E-state index is 0.165. The molecule has 0 aliphatic heterocycles. The first-order valence-electron chi connectivity index (χ1n) is 7.17. The Morgan fingerprint density at radius 3 is 2.76 bits per heavy atom. The molecule has 3 rings (SSSR count). The highest BCUT2D eigenvalue weighted by atomic mass is 35.5. The Morgan fingerprint density at radius 2 is 2.10 bits per heavy atom. The SMILES string of the molecule is CCc1nn(C)cc1-n1c(C(C)Cl)nc2c(C)cccc21. The minimum Gasteiger partial charge on any atom is -0.292 e. The van der Waals surface area contributed by atoms with Crippen molar-refractivity contribution in [2.75, 3.05) is 0 Å².